The van der Waals surface area contributed by atoms with Crippen LogP contribution in [-0.4, -0.2) is 13.9 Å². The fourth-order valence-corrected chi connectivity index (χ4v) is 4.01. The van der Waals surface area contributed by atoms with Crippen LogP contribution in [0.4, 0.5) is 0 Å². The van der Waals surface area contributed by atoms with Crippen LogP contribution in [0.2, 0.25) is 25.2 Å². The molecule has 0 bridgehead atoms. The SMILES string of the molecule is C[C@@H]1CC(=O)C[C@H]([Si](C)(C)C)C1. The second-order valence-electron chi connectivity index (χ2n) is 5.35. The van der Waals surface area contributed by atoms with E-state index in [1.807, 2.05) is 0 Å². The van der Waals surface area contributed by atoms with Crippen molar-refractivity contribution in [1.29, 1.82) is 0 Å². The molecule has 0 aromatic rings. The van der Waals surface area contributed by atoms with Gasteiger partial charge < -0.3 is 0 Å². The molecule has 1 aliphatic carbocycles. The lowest BCUT2D eigenvalue weighted by Gasteiger charge is -2.34. The standard InChI is InChI=1S/C10H20OSi/c1-8-5-9(11)7-10(6-8)12(2,3)4/h8,10H,5-7H2,1-4H3/t8-,10-/m1/s1. The van der Waals surface area contributed by atoms with E-state index in [0.717, 1.165) is 18.4 Å². The summed E-state index contributed by atoms with van der Waals surface area (Å²) in [5.74, 6) is 1.14. The quantitative estimate of drug-likeness (QED) is 0.572. The van der Waals surface area contributed by atoms with Gasteiger partial charge in [0.15, 0.2) is 0 Å². The first kappa shape index (κ1) is 9.97. The number of ketones is 1. The second kappa shape index (κ2) is 3.33. The van der Waals surface area contributed by atoms with Crippen LogP contribution in [0.1, 0.15) is 26.2 Å². The second-order valence-corrected chi connectivity index (χ2v) is 10.9. The van der Waals surface area contributed by atoms with Gasteiger partial charge in [-0.2, -0.15) is 0 Å². The van der Waals surface area contributed by atoms with E-state index in [-0.39, 0.29) is 0 Å². The lowest BCUT2D eigenvalue weighted by atomic mass is 9.89. The summed E-state index contributed by atoms with van der Waals surface area (Å²) in [6.45, 7) is 9.35. The van der Waals surface area contributed by atoms with Crippen LogP contribution in [0.25, 0.3) is 0 Å². The molecule has 0 aromatic carbocycles. The van der Waals surface area contributed by atoms with Gasteiger partial charge in [-0.15, -0.1) is 0 Å². The van der Waals surface area contributed by atoms with Crippen LogP contribution in [0.15, 0.2) is 0 Å². The maximum Gasteiger partial charge on any atom is 0.133 e. The van der Waals surface area contributed by atoms with Crippen molar-refractivity contribution in [2.45, 2.75) is 51.4 Å². The molecule has 1 rings (SSSR count). The highest BCUT2D eigenvalue weighted by atomic mass is 28.3. The van der Waals surface area contributed by atoms with Crippen molar-refractivity contribution >= 4 is 13.9 Å². The minimum Gasteiger partial charge on any atom is -0.300 e. The molecule has 0 radical (unpaired) electrons. The number of carbonyl (C=O) groups is 1. The summed E-state index contributed by atoms with van der Waals surface area (Å²) in [6, 6.07) is 0. The normalized spacial score (nSPS) is 32.2. The monoisotopic (exact) mass is 184 g/mol. The van der Waals surface area contributed by atoms with Gasteiger partial charge in [-0.1, -0.05) is 26.6 Å². The Bertz CT molecular complexity index is 181. The summed E-state index contributed by atoms with van der Waals surface area (Å²) in [7, 11) is -1.06. The van der Waals surface area contributed by atoms with Crippen molar-refractivity contribution in [3.05, 3.63) is 0 Å². The van der Waals surface area contributed by atoms with Gasteiger partial charge in [-0.25, -0.2) is 0 Å². The molecule has 70 valence electrons. The van der Waals surface area contributed by atoms with E-state index in [9.17, 15) is 4.79 Å². The van der Waals surface area contributed by atoms with Crippen LogP contribution < -0.4 is 0 Å². The van der Waals surface area contributed by atoms with E-state index in [0.29, 0.717) is 11.7 Å². The highest BCUT2D eigenvalue weighted by molar-refractivity contribution is 6.77. The molecule has 1 saturated carbocycles. The van der Waals surface area contributed by atoms with Crippen LogP contribution in [0, 0.1) is 5.92 Å². The summed E-state index contributed by atoms with van der Waals surface area (Å²) in [4.78, 5) is 11.4. The maximum atomic E-state index is 11.4. The maximum absolute atomic E-state index is 11.4. The zero-order valence-corrected chi connectivity index (χ0v) is 9.68. The molecule has 0 spiro atoms. The Morgan fingerprint density at radius 2 is 1.83 bits per heavy atom. The third kappa shape index (κ3) is 2.44. The van der Waals surface area contributed by atoms with Gasteiger partial charge in [0, 0.05) is 20.9 Å². The van der Waals surface area contributed by atoms with Crippen molar-refractivity contribution < 1.29 is 4.79 Å². The molecule has 2 atom stereocenters. The van der Waals surface area contributed by atoms with E-state index >= 15 is 0 Å². The van der Waals surface area contributed by atoms with Crippen LogP contribution in [0.5, 0.6) is 0 Å². The molecular weight excluding hydrogens is 164 g/mol. The van der Waals surface area contributed by atoms with Crippen LogP contribution in [0.3, 0.4) is 0 Å². The van der Waals surface area contributed by atoms with Crippen molar-refractivity contribution in [1.82, 2.24) is 0 Å². The number of hydrogen-bond donors (Lipinski definition) is 0. The van der Waals surface area contributed by atoms with E-state index in [4.69, 9.17) is 0 Å². The minimum atomic E-state index is -1.06. The average Bonchev–Trinajstić information content (AvgIpc) is 1.82. The predicted molar refractivity (Wildman–Crippen MR) is 55.1 cm³/mol. The Kier molecular flexibility index (Phi) is 2.76. The van der Waals surface area contributed by atoms with E-state index in [1.165, 1.54) is 6.42 Å². The first-order valence-corrected chi connectivity index (χ1v) is 8.49. The van der Waals surface area contributed by atoms with Crippen LogP contribution in [-0.2, 0) is 4.79 Å². The zero-order chi connectivity index (χ0) is 9.35. The predicted octanol–water partition coefficient (Wildman–Crippen LogP) is 3.08. The zero-order valence-electron chi connectivity index (χ0n) is 8.68. The summed E-state index contributed by atoms with van der Waals surface area (Å²) in [6.07, 6.45) is 3.00. The molecule has 0 N–H and O–H groups in total. The van der Waals surface area contributed by atoms with Gasteiger partial charge in [0.25, 0.3) is 0 Å². The molecule has 1 fully saturated rings. The van der Waals surface area contributed by atoms with Gasteiger partial charge in [0.05, 0.1) is 0 Å². The van der Waals surface area contributed by atoms with E-state index in [1.54, 1.807) is 0 Å². The summed E-state index contributed by atoms with van der Waals surface area (Å²) in [5.41, 5.74) is 0.744. The molecule has 1 nitrogen and oxygen atoms in total. The minimum absolute atomic E-state index is 0.501. The summed E-state index contributed by atoms with van der Waals surface area (Å²) >= 11 is 0. The average molecular weight is 184 g/mol. The Labute approximate surface area is 76.6 Å². The lowest BCUT2D eigenvalue weighted by Crippen LogP contribution is -2.34. The Hall–Kier alpha value is -0.113. The number of carbonyl (C=O) groups excluding carboxylic acids is 1. The van der Waals surface area contributed by atoms with Gasteiger partial charge >= 0.3 is 0 Å². The van der Waals surface area contributed by atoms with Gasteiger partial charge in [-0.05, 0) is 17.9 Å². The Balaban J connectivity index is 2.62. The molecule has 0 aromatic heterocycles. The lowest BCUT2D eigenvalue weighted by molar-refractivity contribution is -0.121. The fraction of sp³-hybridized carbons (Fsp3) is 0.900. The topological polar surface area (TPSA) is 17.1 Å². The Morgan fingerprint density at radius 1 is 1.25 bits per heavy atom. The molecule has 0 unspecified atom stereocenters. The van der Waals surface area contributed by atoms with Crippen molar-refractivity contribution in [2.75, 3.05) is 0 Å². The third-order valence-corrected chi connectivity index (χ3v) is 5.85. The summed E-state index contributed by atoms with van der Waals surface area (Å²) < 4.78 is 0. The van der Waals surface area contributed by atoms with Crippen molar-refractivity contribution in [3.8, 4) is 0 Å². The van der Waals surface area contributed by atoms with Gasteiger partial charge in [-0.3, -0.25) is 4.79 Å². The van der Waals surface area contributed by atoms with Crippen molar-refractivity contribution in [3.63, 3.8) is 0 Å². The first-order chi connectivity index (χ1) is 5.39. The third-order valence-electron chi connectivity index (χ3n) is 2.96. The largest absolute Gasteiger partial charge is 0.300 e. The molecule has 0 saturated heterocycles. The fourth-order valence-electron chi connectivity index (χ4n) is 2.06. The first-order valence-electron chi connectivity index (χ1n) is 4.91. The van der Waals surface area contributed by atoms with Crippen LogP contribution >= 0.6 is 0 Å². The molecular formula is C10H20OSi. The molecule has 12 heavy (non-hydrogen) atoms. The Morgan fingerprint density at radius 3 is 2.25 bits per heavy atom. The van der Waals surface area contributed by atoms with Crippen molar-refractivity contribution in [2.24, 2.45) is 5.92 Å². The molecule has 0 amide bonds. The highest BCUT2D eigenvalue weighted by Crippen LogP contribution is 2.37. The van der Waals surface area contributed by atoms with Gasteiger partial charge in [0.1, 0.15) is 5.78 Å². The van der Waals surface area contributed by atoms with E-state index < -0.39 is 8.07 Å². The van der Waals surface area contributed by atoms with E-state index in [2.05, 4.69) is 26.6 Å². The smallest absolute Gasteiger partial charge is 0.133 e. The van der Waals surface area contributed by atoms with Gasteiger partial charge in [0.2, 0.25) is 0 Å². The number of rotatable bonds is 1. The molecule has 1 aliphatic rings. The number of Topliss-reactive ketones (excluding diaryl/α,β-unsaturated/α-hetero) is 1. The summed E-state index contributed by atoms with van der Waals surface area (Å²) in [5, 5.41) is 0. The highest BCUT2D eigenvalue weighted by Gasteiger charge is 2.33. The molecule has 0 aliphatic heterocycles. The number of hydrogen-bond acceptors (Lipinski definition) is 1. The molecule has 0 heterocycles. The molecule has 2 heteroatoms.